The number of fused-ring (bicyclic) bond motifs is 5. The van der Waals surface area contributed by atoms with Crippen LogP contribution in [0.25, 0.3) is 49.0 Å². The molecule has 0 unspecified atom stereocenters. The van der Waals surface area contributed by atoms with Crippen molar-refractivity contribution in [2.24, 2.45) is 0 Å². The van der Waals surface area contributed by atoms with E-state index in [9.17, 15) is 0 Å². The van der Waals surface area contributed by atoms with Crippen molar-refractivity contribution in [1.29, 1.82) is 0 Å². The van der Waals surface area contributed by atoms with Crippen LogP contribution in [0.3, 0.4) is 0 Å². The van der Waals surface area contributed by atoms with Crippen LogP contribution in [0.5, 0.6) is 0 Å². The summed E-state index contributed by atoms with van der Waals surface area (Å²) in [7, 11) is 0. The third-order valence-electron chi connectivity index (χ3n) is 5.60. The number of hydrogen-bond donors (Lipinski definition) is 0. The minimum Gasteiger partial charge on any atom is -0.308 e. The average molecular weight is 422 g/mol. The zero-order valence-electron chi connectivity index (χ0n) is 15.1. The van der Waals surface area contributed by atoms with Crippen LogP contribution < -0.4 is 0 Å². The standard InChI is InChI=1S/C26H16BrN/c27-23-14-18-8-2-4-10-20(18)16-26(23)28-24-12-6-5-11-21(24)22-13-17-7-1-3-9-19(17)15-25(22)28/h1-16H. The number of benzene rings is 5. The minimum atomic E-state index is 1.10. The highest BCUT2D eigenvalue weighted by Gasteiger charge is 2.15. The molecule has 28 heavy (non-hydrogen) atoms. The lowest BCUT2D eigenvalue weighted by Crippen LogP contribution is -1.95. The molecule has 0 aliphatic heterocycles. The highest BCUT2D eigenvalue weighted by molar-refractivity contribution is 9.10. The topological polar surface area (TPSA) is 4.93 Å². The zero-order valence-corrected chi connectivity index (χ0v) is 16.6. The third kappa shape index (κ3) is 2.25. The van der Waals surface area contributed by atoms with E-state index in [0.717, 1.165) is 4.47 Å². The molecule has 0 saturated carbocycles. The second-order valence-electron chi connectivity index (χ2n) is 7.22. The lowest BCUT2D eigenvalue weighted by molar-refractivity contribution is 1.18. The summed E-state index contributed by atoms with van der Waals surface area (Å²) in [6.45, 7) is 0. The Labute approximate surface area is 171 Å². The fourth-order valence-corrected chi connectivity index (χ4v) is 4.82. The molecule has 0 saturated heterocycles. The molecule has 0 amide bonds. The van der Waals surface area contributed by atoms with Gasteiger partial charge in [0.05, 0.1) is 16.7 Å². The molecule has 0 atom stereocenters. The Morgan fingerprint density at radius 2 is 1.07 bits per heavy atom. The van der Waals surface area contributed by atoms with Crippen LogP contribution in [-0.2, 0) is 0 Å². The number of hydrogen-bond acceptors (Lipinski definition) is 0. The van der Waals surface area contributed by atoms with Crippen LogP contribution in [0.1, 0.15) is 0 Å². The molecule has 2 heteroatoms. The van der Waals surface area contributed by atoms with Gasteiger partial charge >= 0.3 is 0 Å². The van der Waals surface area contributed by atoms with Gasteiger partial charge in [-0.15, -0.1) is 0 Å². The molecule has 5 aromatic carbocycles. The van der Waals surface area contributed by atoms with E-state index in [4.69, 9.17) is 0 Å². The van der Waals surface area contributed by atoms with Gasteiger partial charge in [-0.3, -0.25) is 0 Å². The fourth-order valence-electron chi connectivity index (χ4n) is 4.29. The van der Waals surface area contributed by atoms with Crippen LogP contribution in [0.15, 0.2) is 102 Å². The average Bonchev–Trinajstić information content (AvgIpc) is 3.05. The Kier molecular flexibility index (Phi) is 3.38. The van der Waals surface area contributed by atoms with Crippen molar-refractivity contribution in [2.75, 3.05) is 0 Å². The van der Waals surface area contributed by atoms with Crippen molar-refractivity contribution in [3.05, 3.63) is 102 Å². The van der Waals surface area contributed by atoms with E-state index in [0.29, 0.717) is 0 Å². The Balaban J connectivity index is 1.81. The van der Waals surface area contributed by atoms with Gasteiger partial charge in [0.1, 0.15) is 0 Å². The minimum absolute atomic E-state index is 1.10. The van der Waals surface area contributed by atoms with Crippen molar-refractivity contribution in [1.82, 2.24) is 4.57 Å². The maximum absolute atomic E-state index is 3.84. The van der Waals surface area contributed by atoms with Crippen molar-refractivity contribution < 1.29 is 0 Å². The summed E-state index contributed by atoms with van der Waals surface area (Å²) in [4.78, 5) is 0. The van der Waals surface area contributed by atoms with Crippen molar-refractivity contribution in [2.45, 2.75) is 0 Å². The number of rotatable bonds is 1. The maximum Gasteiger partial charge on any atom is 0.0610 e. The number of aromatic nitrogens is 1. The smallest absolute Gasteiger partial charge is 0.0610 e. The second-order valence-corrected chi connectivity index (χ2v) is 8.07. The highest BCUT2D eigenvalue weighted by atomic mass is 79.9. The van der Waals surface area contributed by atoms with E-state index in [1.54, 1.807) is 0 Å². The van der Waals surface area contributed by atoms with E-state index >= 15 is 0 Å². The SMILES string of the molecule is Brc1cc2ccccc2cc1-n1c2ccccc2c2cc3ccccc3cc21. The summed E-state index contributed by atoms with van der Waals surface area (Å²) in [5.41, 5.74) is 3.62. The fraction of sp³-hybridized carbons (Fsp3) is 0. The largest absolute Gasteiger partial charge is 0.308 e. The van der Waals surface area contributed by atoms with Crippen LogP contribution in [0, 0.1) is 0 Å². The zero-order chi connectivity index (χ0) is 18.7. The molecule has 6 aromatic rings. The van der Waals surface area contributed by atoms with Gasteiger partial charge < -0.3 is 4.57 Å². The van der Waals surface area contributed by atoms with Gasteiger partial charge in [-0.2, -0.15) is 0 Å². The van der Waals surface area contributed by atoms with Crippen molar-refractivity contribution in [3.8, 4) is 5.69 Å². The predicted octanol–water partition coefficient (Wildman–Crippen LogP) is 7.85. The predicted molar refractivity (Wildman–Crippen MR) is 123 cm³/mol. The first-order chi connectivity index (χ1) is 13.8. The quantitative estimate of drug-likeness (QED) is 0.254. The molecular formula is C26H16BrN. The summed E-state index contributed by atoms with van der Waals surface area (Å²) in [5, 5.41) is 7.58. The monoisotopic (exact) mass is 421 g/mol. The first-order valence-corrected chi connectivity index (χ1v) is 10.2. The molecule has 0 radical (unpaired) electrons. The van der Waals surface area contributed by atoms with Gasteiger partial charge in [-0.25, -0.2) is 0 Å². The normalized spacial score (nSPS) is 11.8. The first kappa shape index (κ1) is 15.9. The van der Waals surface area contributed by atoms with Crippen LogP contribution in [-0.4, -0.2) is 4.57 Å². The summed E-state index contributed by atoms with van der Waals surface area (Å²) in [5.74, 6) is 0. The lowest BCUT2D eigenvalue weighted by Gasteiger charge is -2.12. The van der Waals surface area contributed by atoms with E-state index in [1.165, 1.54) is 49.0 Å². The molecule has 132 valence electrons. The Morgan fingerprint density at radius 3 is 1.82 bits per heavy atom. The van der Waals surface area contributed by atoms with Gasteiger partial charge in [0.15, 0.2) is 0 Å². The maximum atomic E-state index is 3.84. The Hall–Kier alpha value is -3.10. The van der Waals surface area contributed by atoms with Crippen molar-refractivity contribution in [3.63, 3.8) is 0 Å². The second kappa shape index (κ2) is 5.95. The Bertz CT molecular complexity index is 1520. The van der Waals surface area contributed by atoms with Gasteiger partial charge in [0.2, 0.25) is 0 Å². The lowest BCUT2D eigenvalue weighted by atomic mass is 10.1. The van der Waals surface area contributed by atoms with Crippen LogP contribution in [0.2, 0.25) is 0 Å². The summed E-state index contributed by atoms with van der Waals surface area (Å²) >= 11 is 3.84. The third-order valence-corrected chi connectivity index (χ3v) is 6.23. The molecule has 0 fully saturated rings. The molecule has 0 spiro atoms. The van der Waals surface area contributed by atoms with Crippen LogP contribution in [0.4, 0.5) is 0 Å². The van der Waals surface area contributed by atoms with Gasteiger partial charge in [-0.05, 0) is 67.8 Å². The summed E-state index contributed by atoms with van der Waals surface area (Å²) in [6, 6.07) is 34.9. The van der Waals surface area contributed by atoms with Crippen molar-refractivity contribution >= 4 is 59.3 Å². The first-order valence-electron chi connectivity index (χ1n) is 9.40. The molecule has 0 bridgehead atoms. The van der Waals surface area contributed by atoms with Gasteiger partial charge in [0.25, 0.3) is 0 Å². The molecule has 1 aromatic heterocycles. The number of para-hydroxylation sites is 1. The number of halogens is 1. The molecule has 1 heterocycles. The highest BCUT2D eigenvalue weighted by Crippen LogP contribution is 2.37. The van der Waals surface area contributed by atoms with E-state index < -0.39 is 0 Å². The van der Waals surface area contributed by atoms with Crippen LogP contribution >= 0.6 is 15.9 Å². The van der Waals surface area contributed by atoms with Gasteiger partial charge in [-0.1, -0.05) is 66.7 Å². The molecule has 1 nitrogen and oxygen atoms in total. The summed E-state index contributed by atoms with van der Waals surface area (Å²) < 4.78 is 3.48. The Morgan fingerprint density at radius 1 is 0.500 bits per heavy atom. The van der Waals surface area contributed by atoms with Gasteiger partial charge in [0, 0.05) is 15.2 Å². The van der Waals surface area contributed by atoms with E-state index in [2.05, 4.69) is 118 Å². The van der Waals surface area contributed by atoms with E-state index in [1.807, 2.05) is 0 Å². The molecular weight excluding hydrogens is 406 g/mol. The number of nitrogens with zero attached hydrogens (tertiary/aromatic N) is 1. The molecule has 0 aliphatic carbocycles. The molecule has 0 N–H and O–H groups in total. The molecule has 0 aliphatic rings. The summed E-state index contributed by atoms with van der Waals surface area (Å²) in [6.07, 6.45) is 0. The molecule has 6 rings (SSSR count). The van der Waals surface area contributed by atoms with E-state index in [-0.39, 0.29) is 0 Å².